The fourth-order valence-electron chi connectivity index (χ4n) is 2.57. The third-order valence-corrected chi connectivity index (χ3v) is 3.70. The summed E-state index contributed by atoms with van der Waals surface area (Å²) < 4.78 is 5.63. The van der Waals surface area contributed by atoms with Crippen LogP contribution >= 0.6 is 0 Å². The highest BCUT2D eigenvalue weighted by Crippen LogP contribution is 2.16. The zero-order valence-electron chi connectivity index (χ0n) is 12.3. The van der Waals surface area contributed by atoms with Crippen LogP contribution in [0.15, 0.2) is 43.0 Å². The van der Waals surface area contributed by atoms with E-state index in [1.807, 2.05) is 6.08 Å². The molecule has 1 aliphatic rings. The largest absolute Gasteiger partial charge is 0.380 e. The molecule has 0 amide bonds. The van der Waals surface area contributed by atoms with Crippen molar-refractivity contribution in [3.8, 4) is 0 Å². The van der Waals surface area contributed by atoms with Gasteiger partial charge in [-0.05, 0) is 31.5 Å². The van der Waals surface area contributed by atoms with E-state index < -0.39 is 0 Å². The van der Waals surface area contributed by atoms with Gasteiger partial charge < -0.3 is 10.1 Å². The minimum Gasteiger partial charge on any atom is -0.380 e. The SMILES string of the molecule is C=CCCOCCN1CCCNC(c2ccccc2)C1. The molecule has 1 N–H and O–H groups in total. The molecule has 1 aromatic rings. The minimum absolute atomic E-state index is 0.437. The van der Waals surface area contributed by atoms with Gasteiger partial charge in [0.25, 0.3) is 0 Å². The Kier molecular flexibility index (Phi) is 6.78. The van der Waals surface area contributed by atoms with E-state index in [1.165, 1.54) is 12.0 Å². The summed E-state index contributed by atoms with van der Waals surface area (Å²) in [7, 11) is 0. The van der Waals surface area contributed by atoms with Gasteiger partial charge in [0.1, 0.15) is 0 Å². The molecule has 0 aliphatic carbocycles. The number of benzene rings is 1. The molecule has 1 fully saturated rings. The highest BCUT2D eigenvalue weighted by Gasteiger charge is 2.18. The quantitative estimate of drug-likeness (QED) is 0.611. The second-order valence-corrected chi connectivity index (χ2v) is 5.26. The first-order valence-corrected chi connectivity index (χ1v) is 7.59. The summed E-state index contributed by atoms with van der Waals surface area (Å²) in [4.78, 5) is 2.51. The summed E-state index contributed by atoms with van der Waals surface area (Å²) in [6.45, 7) is 9.63. The highest BCUT2D eigenvalue weighted by molar-refractivity contribution is 5.19. The van der Waals surface area contributed by atoms with E-state index in [2.05, 4.69) is 47.1 Å². The van der Waals surface area contributed by atoms with Crippen LogP contribution < -0.4 is 5.32 Å². The molecule has 3 nitrogen and oxygen atoms in total. The lowest BCUT2D eigenvalue weighted by Gasteiger charge is -2.24. The van der Waals surface area contributed by atoms with Gasteiger partial charge in [0.15, 0.2) is 0 Å². The third-order valence-electron chi connectivity index (χ3n) is 3.70. The molecule has 110 valence electrons. The molecule has 0 aromatic heterocycles. The monoisotopic (exact) mass is 274 g/mol. The average molecular weight is 274 g/mol. The summed E-state index contributed by atoms with van der Waals surface area (Å²) >= 11 is 0. The summed E-state index contributed by atoms with van der Waals surface area (Å²) in [5.41, 5.74) is 1.38. The molecule has 1 saturated heterocycles. The third kappa shape index (κ3) is 5.08. The van der Waals surface area contributed by atoms with Crippen molar-refractivity contribution in [2.45, 2.75) is 18.9 Å². The predicted molar refractivity (Wildman–Crippen MR) is 83.9 cm³/mol. The van der Waals surface area contributed by atoms with Gasteiger partial charge in [0, 0.05) is 19.1 Å². The van der Waals surface area contributed by atoms with Crippen LogP contribution in [0.4, 0.5) is 0 Å². The molecule has 0 saturated carbocycles. The predicted octanol–water partition coefficient (Wildman–Crippen LogP) is 2.62. The Morgan fingerprint density at radius 1 is 1.30 bits per heavy atom. The van der Waals surface area contributed by atoms with Crippen molar-refractivity contribution in [3.63, 3.8) is 0 Å². The van der Waals surface area contributed by atoms with Crippen molar-refractivity contribution in [1.29, 1.82) is 0 Å². The summed E-state index contributed by atoms with van der Waals surface area (Å²) in [6.07, 6.45) is 4.05. The number of rotatable bonds is 7. The maximum atomic E-state index is 5.63. The van der Waals surface area contributed by atoms with Gasteiger partial charge in [-0.25, -0.2) is 0 Å². The first-order chi connectivity index (χ1) is 9.90. The molecule has 0 radical (unpaired) electrons. The molecule has 1 unspecified atom stereocenters. The Bertz CT molecular complexity index is 380. The first-order valence-electron chi connectivity index (χ1n) is 7.59. The van der Waals surface area contributed by atoms with Crippen molar-refractivity contribution >= 4 is 0 Å². The fourth-order valence-corrected chi connectivity index (χ4v) is 2.57. The van der Waals surface area contributed by atoms with Crippen LogP contribution in [-0.2, 0) is 4.74 Å². The second kappa shape index (κ2) is 8.90. The Balaban J connectivity index is 1.79. The van der Waals surface area contributed by atoms with Crippen molar-refractivity contribution in [3.05, 3.63) is 48.6 Å². The van der Waals surface area contributed by atoms with Crippen molar-refractivity contribution < 1.29 is 4.74 Å². The Morgan fingerprint density at radius 2 is 2.15 bits per heavy atom. The molecule has 1 aromatic carbocycles. The maximum Gasteiger partial charge on any atom is 0.0593 e. The molecular weight excluding hydrogens is 248 g/mol. The first kappa shape index (κ1) is 15.2. The van der Waals surface area contributed by atoms with E-state index in [9.17, 15) is 0 Å². The van der Waals surface area contributed by atoms with Crippen LogP contribution in [0.25, 0.3) is 0 Å². The smallest absolute Gasteiger partial charge is 0.0593 e. The fraction of sp³-hybridized carbons (Fsp3) is 0.529. The molecule has 0 spiro atoms. The second-order valence-electron chi connectivity index (χ2n) is 5.26. The lowest BCUT2D eigenvalue weighted by molar-refractivity contribution is 0.106. The lowest BCUT2D eigenvalue weighted by atomic mass is 10.1. The van der Waals surface area contributed by atoms with E-state index in [0.29, 0.717) is 6.04 Å². The summed E-state index contributed by atoms with van der Waals surface area (Å²) in [5.74, 6) is 0. The van der Waals surface area contributed by atoms with Crippen molar-refractivity contribution in [2.75, 3.05) is 39.4 Å². The van der Waals surface area contributed by atoms with Gasteiger partial charge in [-0.1, -0.05) is 36.4 Å². The molecule has 3 heteroatoms. The Morgan fingerprint density at radius 3 is 2.95 bits per heavy atom. The number of hydrogen-bond donors (Lipinski definition) is 1. The van der Waals surface area contributed by atoms with Crippen LogP contribution in [0, 0.1) is 0 Å². The summed E-state index contributed by atoms with van der Waals surface area (Å²) in [5, 5.41) is 3.64. The van der Waals surface area contributed by atoms with E-state index in [4.69, 9.17) is 4.74 Å². The van der Waals surface area contributed by atoms with Crippen molar-refractivity contribution in [1.82, 2.24) is 10.2 Å². The topological polar surface area (TPSA) is 24.5 Å². The number of hydrogen-bond acceptors (Lipinski definition) is 3. The van der Waals surface area contributed by atoms with Gasteiger partial charge >= 0.3 is 0 Å². The van der Waals surface area contributed by atoms with Crippen molar-refractivity contribution in [2.24, 2.45) is 0 Å². The Labute approximate surface area is 122 Å². The Hall–Kier alpha value is -1.16. The van der Waals surface area contributed by atoms with Gasteiger partial charge in [0.05, 0.1) is 13.2 Å². The lowest BCUT2D eigenvalue weighted by Crippen LogP contribution is -2.33. The van der Waals surface area contributed by atoms with Crippen LogP contribution in [0.5, 0.6) is 0 Å². The van der Waals surface area contributed by atoms with E-state index in [1.54, 1.807) is 0 Å². The standard InChI is InChI=1S/C17H26N2O/c1-2-3-13-20-14-12-19-11-7-10-18-17(15-19)16-8-5-4-6-9-16/h2,4-6,8-9,17-18H,1,3,7,10-15H2. The van der Waals surface area contributed by atoms with Crippen LogP contribution in [0.1, 0.15) is 24.4 Å². The molecular formula is C17H26N2O. The number of nitrogens with one attached hydrogen (secondary N) is 1. The molecule has 1 heterocycles. The highest BCUT2D eigenvalue weighted by atomic mass is 16.5. The van der Waals surface area contributed by atoms with E-state index >= 15 is 0 Å². The van der Waals surface area contributed by atoms with Gasteiger partial charge in [-0.2, -0.15) is 0 Å². The normalized spacial score (nSPS) is 20.5. The molecule has 20 heavy (non-hydrogen) atoms. The average Bonchev–Trinajstić information content (AvgIpc) is 2.74. The van der Waals surface area contributed by atoms with Crippen LogP contribution in [0.3, 0.4) is 0 Å². The molecule has 2 rings (SSSR count). The van der Waals surface area contributed by atoms with Gasteiger partial charge in [-0.15, -0.1) is 6.58 Å². The van der Waals surface area contributed by atoms with Gasteiger partial charge in [-0.3, -0.25) is 4.90 Å². The van der Waals surface area contributed by atoms with E-state index in [0.717, 1.165) is 45.8 Å². The minimum atomic E-state index is 0.437. The van der Waals surface area contributed by atoms with Crippen LogP contribution in [-0.4, -0.2) is 44.3 Å². The maximum absolute atomic E-state index is 5.63. The zero-order chi connectivity index (χ0) is 14.0. The molecule has 1 atom stereocenters. The molecule has 0 bridgehead atoms. The summed E-state index contributed by atoms with van der Waals surface area (Å²) in [6, 6.07) is 11.2. The number of ether oxygens (including phenoxy) is 1. The molecule has 1 aliphatic heterocycles. The van der Waals surface area contributed by atoms with Gasteiger partial charge in [0.2, 0.25) is 0 Å². The van der Waals surface area contributed by atoms with E-state index in [-0.39, 0.29) is 0 Å². The van der Waals surface area contributed by atoms with Crippen LogP contribution in [0.2, 0.25) is 0 Å². The number of nitrogens with zero attached hydrogens (tertiary/aromatic N) is 1. The zero-order valence-corrected chi connectivity index (χ0v) is 12.3.